The lowest BCUT2D eigenvalue weighted by Crippen LogP contribution is -2.18. The quantitative estimate of drug-likeness (QED) is 0.762. The minimum atomic E-state index is 0.404. The van der Waals surface area contributed by atoms with Crippen molar-refractivity contribution in [3.05, 3.63) is 83.6 Å². The topological polar surface area (TPSA) is 50.9 Å². The van der Waals surface area contributed by atoms with Crippen molar-refractivity contribution < 1.29 is 0 Å². The number of pyridine rings is 1. The monoisotopic (exact) mass is 315 g/mol. The Labute approximate surface area is 142 Å². The van der Waals surface area contributed by atoms with E-state index >= 15 is 0 Å². The number of hydrogen-bond acceptors (Lipinski definition) is 3. The van der Waals surface area contributed by atoms with Crippen LogP contribution >= 0.6 is 0 Å². The van der Waals surface area contributed by atoms with Crippen molar-refractivity contribution in [2.24, 2.45) is 0 Å². The fraction of sp³-hybridized carbons (Fsp3) is 0.190. The van der Waals surface area contributed by atoms with Gasteiger partial charge in [0.1, 0.15) is 5.82 Å². The highest BCUT2D eigenvalue weighted by atomic mass is 14.9. The molecule has 1 unspecified atom stereocenters. The van der Waals surface area contributed by atoms with E-state index in [1.165, 1.54) is 22.3 Å². The first-order valence-electron chi connectivity index (χ1n) is 8.41. The predicted octanol–water partition coefficient (Wildman–Crippen LogP) is 4.11. The fourth-order valence-electron chi connectivity index (χ4n) is 3.41. The van der Waals surface area contributed by atoms with Crippen LogP contribution in [0, 0.1) is 0 Å². The van der Waals surface area contributed by atoms with Gasteiger partial charge in [0.2, 0.25) is 0 Å². The first-order valence-corrected chi connectivity index (χ1v) is 8.41. The van der Waals surface area contributed by atoms with E-state index in [0.717, 1.165) is 24.9 Å². The van der Waals surface area contributed by atoms with E-state index in [1.807, 2.05) is 18.3 Å². The highest BCUT2D eigenvalue weighted by Crippen LogP contribution is 2.34. The Morgan fingerprint density at radius 2 is 1.88 bits per heavy atom. The first-order chi connectivity index (χ1) is 11.8. The Morgan fingerprint density at radius 3 is 2.67 bits per heavy atom. The minimum Gasteiger partial charge on any atom is -0.384 e. The average Bonchev–Trinajstić information content (AvgIpc) is 3.04. The number of anilines is 1. The Hall–Kier alpha value is -2.65. The number of nitrogens with two attached hydrogens (primary N) is 1. The summed E-state index contributed by atoms with van der Waals surface area (Å²) in [6.07, 6.45) is 4.14. The van der Waals surface area contributed by atoms with Crippen molar-refractivity contribution in [3.8, 4) is 11.1 Å². The molecule has 0 bridgehead atoms. The van der Waals surface area contributed by atoms with Gasteiger partial charge in [-0.05, 0) is 52.8 Å². The largest absolute Gasteiger partial charge is 0.384 e. The third-order valence-electron chi connectivity index (χ3n) is 4.73. The number of nitrogen functional groups attached to an aromatic ring is 1. The fourth-order valence-corrected chi connectivity index (χ4v) is 3.41. The molecule has 3 N–H and O–H groups in total. The molecule has 0 saturated heterocycles. The number of benzene rings is 2. The molecule has 1 heterocycles. The second-order valence-corrected chi connectivity index (χ2v) is 6.34. The molecule has 3 nitrogen and oxygen atoms in total. The Morgan fingerprint density at radius 1 is 1.00 bits per heavy atom. The predicted molar refractivity (Wildman–Crippen MR) is 98.4 cm³/mol. The van der Waals surface area contributed by atoms with Crippen LogP contribution in [0.25, 0.3) is 11.1 Å². The van der Waals surface area contributed by atoms with Gasteiger partial charge in [-0.25, -0.2) is 4.98 Å². The third kappa shape index (κ3) is 3.03. The number of hydrogen-bond donors (Lipinski definition) is 2. The van der Waals surface area contributed by atoms with Crippen LogP contribution in [-0.2, 0) is 13.0 Å². The Bertz CT molecular complexity index is 825. The number of rotatable bonds is 4. The summed E-state index contributed by atoms with van der Waals surface area (Å²) in [5.41, 5.74) is 12.3. The van der Waals surface area contributed by atoms with Gasteiger partial charge in [-0.15, -0.1) is 0 Å². The molecule has 0 spiro atoms. The molecule has 1 aromatic heterocycles. The van der Waals surface area contributed by atoms with Crippen LogP contribution in [0.4, 0.5) is 5.82 Å². The summed E-state index contributed by atoms with van der Waals surface area (Å²) >= 11 is 0. The molecule has 0 amide bonds. The van der Waals surface area contributed by atoms with Crippen LogP contribution < -0.4 is 11.1 Å². The molecule has 2 aromatic carbocycles. The molecule has 3 heteroatoms. The summed E-state index contributed by atoms with van der Waals surface area (Å²) < 4.78 is 0. The van der Waals surface area contributed by atoms with Gasteiger partial charge in [0.25, 0.3) is 0 Å². The first kappa shape index (κ1) is 14.9. The van der Waals surface area contributed by atoms with Gasteiger partial charge >= 0.3 is 0 Å². The number of nitrogens with zero attached hydrogens (tertiary/aromatic N) is 1. The zero-order chi connectivity index (χ0) is 16.4. The molecular formula is C21H21N3. The third-order valence-corrected chi connectivity index (χ3v) is 4.73. The van der Waals surface area contributed by atoms with Gasteiger partial charge in [-0.2, -0.15) is 0 Å². The highest BCUT2D eigenvalue weighted by Gasteiger charge is 2.22. The maximum absolute atomic E-state index is 5.65. The van der Waals surface area contributed by atoms with E-state index in [9.17, 15) is 0 Å². The summed E-state index contributed by atoms with van der Waals surface area (Å²) in [6.45, 7) is 0.812. The summed E-state index contributed by atoms with van der Waals surface area (Å²) in [4.78, 5) is 4.16. The maximum atomic E-state index is 5.65. The number of fused-ring (bicyclic) bond motifs is 1. The molecule has 0 fully saturated rings. The summed E-state index contributed by atoms with van der Waals surface area (Å²) in [7, 11) is 0. The van der Waals surface area contributed by atoms with Gasteiger partial charge in [0.15, 0.2) is 0 Å². The highest BCUT2D eigenvalue weighted by molar-refractivity contribution is 5.65. The molecule has 3 aromatic rings. The van der Waals surface area contributed by atoms with Crippen molar-refractivity contribution in [2.45, 2.75) is 25.4 Å². The standard InChI is InChI=1S/C21H21N3/c22-21-11-6-15(14-24-21)13-23-20-10-9-17-7-8-18(12-19(17)20)16-4-2-1-3-5-16/h1-8,11-12,14,20,23H,9-10,13H2,(H2,22,24). The van der Waals surface area contributed by atoms with E-state index in [1.54, 1.807) is 0 Å². The van der Waals surface area contributed by atoms with Crippen molar-refractivity contribution in [2.75, 3.05) is 5.73 Å². The lowest BCUT2D eigenvalue weighted by atomic mass is 9.99. The van der Waals surface area contributed by atoms with Crippen LogP contribution in [-0.4, -0.2) is 4.98 Å². The lowest BCUT2D eigenvalue weighted by Gasteiger charge is -2.15. The second-order valence-electron chi connectivity index (χ2n) is 6.34. The second kappa shape index (κ2) is 6.46. The normalized spacial score (nSPS) is 16.1. The van der Waals surface area contributed by atoms with E-state index in [-0.39, 0.29) is 0 Å². The lowest BCUT2D eigenvalue weighted by molar-refractivity contribution is 0.530. The average molecular weight is 315 g/mol. The molecule has 0 radical (unpaired) electrons. The van der Waals surface area contributed by atoms with Crippen LogP contribution in [0.15, 0.2) is 66.9 Å². The minimum absolute atomic E-state index is 0.404. The molecule has 1 aliphatic carbocycles. The van der Waals surface area contributed by atoms with Gasteiger partial charge in [-0.1, -0.05) is 48.5 Å². The Kier molecular flexibility index (Phi) is 4.01. The molecular weight excluding hydrogens is 294 g/mol. The zero-order valence-electron chi connectivity index (χ0n) is 13.6. The molecule has 24 heavy (non-hydrogen) atoms. The van der Waals surface area contributed by atoms with Crippen molar-refractivity contribution in [3.63, 3.8) is 0 Å². The smallest absolute Gasteiger partial charge is 0.123 e. The van der Waals surface area contributed by atoms with Crippen LogP contribution in [0.1, 0.15) is 29.2 Å². The summed E-state index contributed by atoms with van der Waals surface area (Å²) in [5.74, 6) is 0.567. The van der Waals surface area contributed by atoms with E-state index < -0.39 is 0 Å². The number of aryl methyl sites for hydroxylation is 1. The zero-order valence-corrected chi connectivity index (χ0v) is 13.6. The van der Waals surface area contributed by atoms with Gasteiger partial charge in [-0.3, -0.25) is 0 Å². The van der Waals surface area contributed by atoms with Crippen molar-refractivity contribution in [1.29, 1.82) is 0 Å². The van der Waals surface area contributed by atoms with Crippen molar-refractivity contribution in [1.82, 2.24) is 10.3 Å². The molecule has 120 valence electrons. The number of aromatic nitrogens is 1. The van der Waals surface area contributed by atoms with Crippen LogP contribution in [0.2, 0.25) is 0 Å². The summed E-state index contributed by atoms with van der Waals surface area (Å²) in [5, 5.41) is 3.67. The molecule has 1 atom stereocenters. The van der Waals surface area contributed by atoms with Gasteiger partial charge in [0, 0.05) is 18.8 Å². The van der Waals surface area contributed by atoms with Crippen molar-refractivity contribution >= 4 is 5.82 Å². The van der Waals surface area contributed by atoms with E-state index in [4.69, 9.17) is 5.73 Å². The Balaban J connectivity index is 1.53. The molecule has 0 aliphatic heterocycles. The maximum Gasteiger partial charge on any atom is 0.123 e. The molecule has 1 aliphatic rings. The number of nitrogens with one attached hydrogen (secondary N) is 1. The van der Waals surface area contributed by atoms with E-state index in [2.05, 4.69) is 58.8 Å². The molecule has 4 rings (SSSR count). The van der Waals surface area contributed by atoms with Gasteiger partial charge < -0.3 is 11.1 Å². The van der Waals surface area contributed by atoms with Gasteiger partial charge in [0.05, 0.1) is 0 Å². The SMILES string of the molecule is Nc1ccc(CNC2CCc3ccc(-c4ccccc4)cc32)cn1. The van der Waals surface area contributed by atoms with E-state index in [0.29, 0.717) is 11.9 Å². The van der Waals surface area contributed by atoms with Crippen LogP contribution in [0.5, 0.6) is 0 Å². The summed E-state index contributed by atoms with van der Waals surface area (Å²) in [6, 6.07) is 21.7. The molecule has 0 saturated carbocycles. The van der Waals surface area contributed by atoms with Crippen LogP contribution in [0.3, 0.4) is 0 Å².